The molecular weight excluding hydrogens is 276 g/mol. The summed E-state index contributed by atoms with van der Waals surface area (Å²) >= 11 is 0. The molecule has 1 aromatic heterocycles. The first-order valence-corrected chi connectivity index (χ1v) is 6.99. The normalized spacial score (nSPS) is 10.2. The number of rotatable bonds is 5. The fourth-order valence-corrected chi connectivity index (χ4v) is 2.06. The largest absolute Gasteiger partial charge is 0.298 e. The van der Waals surface area contributed by atoms with Gasteiger partial charge in [-0.15, -0.1) is 0 Å². The third-order valence-corrected chi connectivity index (χ3v) is 3.18. The highest BCUT2D eigenvalue weighted by atomic mass is 16.2. The van der Waals surface area contributed by atoms with Crippen LogP contribution in [0.5, 0.6) is 0 Å². The Kier molecular flexibility index (Phi) is 4.15. The number of anilines is 1. The molecule has 5 nitrogen and oxygen atoms in total. The van der Waals surface area contributed by atoms with Gasteiger partial charge in [0.25, 0.3) is 5.91 Å². The zero-order valence-electron chi connectivity index (χ0n) is 11.9. The second-order valence-corrected chi connectivity index (χ2v) is 4.86. The number of carbonyl (C=O) groups excluding carboxylic acids is 1. The van der Waals surface area contributed by atoms with Crippen LogP contribution in [0.4, 0.5) is 5.69 Å². The van der Waals surface area contributed by atoms with E-state index in [4.69, 9.17) is 0 Å². The van der Waals surface area contributed by atoms with Gasteiger partial charge in [-0.05, 0) is 17.7 Å². The first-order valence-electron chi connectivity index (χ1n) is 6.99. The Morgan fingerprint density at radius 2 is 1.68 bits per heavy atom. The summed E-state index contributed by atoms with van der Waals surface area (Å²) in [5.41, 5.74) is 7.99. The number of nitrogens with zero attached hydrogens (tertiary/aromatic N) is 2. The van der Waals surface area contributed by atoms with Crippen LogP contribution in [-0.4, -0.2) is 15.7 Å². The van der Waals surface area contributed by atoms with Crippen LogP contribution >= 0.6 is 0 Å². The third kappa shape index (κ3) is 3.52. The summed E-state index contributed by atoms with van der Waals surface area (Å²) in [5, 5.41) is 4.22. The molecule has 0 aliphatic rings. The molecule has 3 rings (SSSR count). The minimum Gasteiger partial charge on any atom is -0.298 e. The van der Waals surface area contributed by atoms with Crippen LogP contribution in [0.3, 0.4) is 0 Å². The van der Waals surface area contributed by atoms with Gasteiger partial charge >= 0.3 is 0 Å². The molecule has 2 aromatic carbocycles. The van der Waals surface area contributed by atoms with Gasteiger partial charge in [0.2, 0.25) is 0 Å². The van der Waals surface area contributed by atoms with Crippen LogP contribution in [0, 0.1) is 0 Å². The molecule has 5 heteroatoms. The first kappa shape index (κ1) is 13.9. The second-order valence-electron chi connectivity index (χ2n) is 4.86. The lowest BCUT2D eigenvalue weighted by molar-refractivity contribution is 0.0962. The highest BCUT2D eigenvalue weighted by Gasteiger charge is 2.08. The fourth-order valence-electron chi connectivity index (χ4n) is 2.06. The van der Waals surface area contributed by atoms with Crippen molar-refractivity contribution in [3.8, 4) is 0 Å². The van der Waals surface area contributed by atoms with E-state index in [2.05, 4.69) is 16.0 Å². The number of aromatic nitrogens is 2. The predicted molar refractivity (Wildman–Crippen MR) is 85.3 cm³/mol. The number of hydrazine groups is 1. The van der Waals surface area contributed by atoms with Crippen molar-refractivity contribution in [1.29, 1.82) is 0 Å². The van der Waals surface area contributed by atoms with Crippen LogP contribution in [0.15, 0.2) is 73.1 Å². The van der Waals surface area contributed by atoms with E-state index in [-0.39, 0.29) is 5.91 Å². The smallest absolute Gasteiger partial charge is 0.272 e. The van der Waals surface area contributed by atoms with E-state index in [1.54, 1.807) is 17.1 Å². The van der Waals surface area contributed by atoms with Crippen molar-refractivity contribution in [3.05, 3.63) is 84.2 Å². The first-order chi connectivity index (χ1) is 10.8. The van der Waals surface area contributed by atoms with E-state index in [0.29, 0.717) is 12.1 Å². The molecule has 0 atom stereocenters. The topological polar surface area (TPSA) is 59.0 Å². The van der Waals surface area contributed by atoms with Crippen LogP contribution in [-0.2, 0) is 6.54 Å². The minimum atomic E-state index is -0.219. The molecule has 1 amide bonds. The van der Waals surface area contributed by atoms with Crippen molar-refractivity contribution in [2.45, 2.75) is 6.54 Å². The van der Waals surface area contributed by atoms with Crippen molar-refractivity contribution >= 4 is 11.6 Å². The lowest BCUT2D eigenvalue weighted by atomic mass is 10.2. The standard InChI is InChI=1S/C17H16N4O/c22-17(20-19-16-9-5-2-6-10-16)15-11-18-21(13-15)12-14-7-3-1-4-8-14/h1-11,13,19H,12H2,(H,20,22). The minimum absolute atomic E-state index is 0.219. The highest BCUT2D eigenvalue weighted by Crippen LogP contribution is 2.05. The van der Waals surface area contributed by atoms with Crippen LogP contribution in [0.1, 0.15) is 15.9 Å². The van der Waals surface area contributed by atoms with Gasteiger partial charge in [-0.2, -0.15) is 5.10 Å². The van der Waals surface area contributed by atoms with E-state index >= 15 is 0 Å². The van der Waals surface area contributed by atoms with Gasteiger partial charge < -0.3 is 0 Å². The molecule has 0 saturated carbocycles. The van der Waals surface area contributed by atoms with Crippen LogP contribution < -0.4 is 10.9 Å². The summed E-state index contributed by atoms with van der Waals surface area (Å²) in [6, 6.07) is 19.4. The SMILES string of the molecule is O=C(NNc1ccccc1)c1cnn(Cc2ccccc2)c1. The lowest BCUT2D eigenvalue weighted by Gasteiger charge is -2.06. The summed E-state index contributed by atoms with van der Waals surface area (Å²) < 4.78 is 1.74. The van der Waals surface area contributed by atoms with Crippen molar-refractivity contribution in [1.82, 2.24) is 15.2 Å². The van der Waals surface area contributed by atoms with Crippen molar-refractivity contribution in [2.75, 3.05) is 5.43 Å². The van der Waals surface area contributed by atoms with E-state index in [1.165, 1.54) is 0 Å². The number of hydrogen-bond acceptors (Lipinski definition) is 3. The molecule has 2 N–H and O–H groups in total. The molecule has 3 aromatic rings. The Morgan fingerprint density at radius 1 is 1.00 bits per heavy atom. The molecule has 0 bridgehead atoms. The van der Waals surface area contributed by atoms with Gasteiger partial charge in [0.15, 0.2) is 0 Å². The molecule has 22 heavy (non-hydrogen) atoms. The number of amides is 1. The number of carbonyl (C=O) groups is 1. The quantitative estimate of drug-likeness (QED) is 0.711. The number of benzene rings is 2. The molecule has 0 radical (unpaired) electrons. The molecule has 110 valence electrons. The Morgan fingerprint density at radius 3 is 2.41 bits per heavy atom. The summed E-state index contributed by atoms with van der Waals surface area (Å²) in [7, 11) is 0. The molecule has 0 aliphatic heterocycles. The van der Waals surface area contributed by atoms with E-state index in [9.17, 15) is 4.79 Å². The Labute approximate surface area is 128 Å². The van der Waals surface area contributed by atoms with Gasteiger partial charge in [-0.1, -0.05) is 48.5 Å². The van der Waals surface area contributed by atoms with Crippen LogP contribution in [0.25, 0.3) is 0 Å². The number of nitrogens with one attached hydrogen (secondary N) is 2. The van der Waals surface area contributed by atoms with E-state index in [1.807, 2.05) is 60.7 Å². The lowest BCUT2D eigenvalue weighted by Crippen LogP contribution is -2.29. The van der Waals surface area contributed by atoms with E-state index < -0.39 is 0 Å². The van der Waals surface area contributed by atoms with Crippen molar-refractivity contribution < 1.29 is 4.79 Å². The molecule has 0 spiro atoms. The molecule has 0 fully saturated rings. The van der Waals surface area contributed by atoms with Gasteiger partial charge in [-0.25, -0.2) is 0 Å². The Hall–Kier alpha value is -3.08. The maximum absolute atomic E-state index is 12.1. The second kappa shape index (κ2) is 6.58. The van der Waals surface area contributed by atoms with Gasteiger partial charge in [0.1, 0.15) is 0 Å². The number of para-hydroxylation sites is 1. The van der Waals surface area contributed by atoms with Crippen molar-refractivity contribution in [3.63, 3.8) is 0 Å². The number of hydrogen-bond donors (Lipinski definition) is 2. The molecular formula is C17H16N4O. The Bertz CT molecular complexity index is 738. The van der Waals surface area contributed by atoms with Gasteiger partial charge in [0.05, 0.1) is 24.0 Å². The van der Waals surface area contributed by atoms with Crippen molar-refractivity contribution in [2.24, 2.45) is 0 Å². The highest BCUT2D eigenvalue weighted by molar-refractivity contribution is 5.94. The Balaban J connectivity index is 1.60. The van der Waals surface area contributed by atoms with E-state index in [0.717, 1.165) is 11.3 Å². The average Bonchev–Trinajstić information content (AvgIpc) is 3.03. The maximum Gasteiger partial charge on any atom is 0.272 e. The fraction of sp³-hybridized carbons (Fsp3) is 0.0588. The zero-order valence-corrected chi connectivity index (χ0v) is 11.9. The average molecular weight is 292 g/mol. The predicted octanol–water partition coefficient (Wildman–Crippen LogP) is 2.69. The van der Waals surface area contributed by atoms with Crippen LogP contribution in [0.2, 0.25) is 0 Å². The summed E-state index contributed by atoms with van der Waals surface area (Å²) in [6.07, 6.45) is 3.29. The summed E-state index contributed by atoms with van der Waals surface area (Å²) in [4.78, 5) is 12.1. The molecule has 0 aliphatic carbocycles. The molecule has 1 heterocycles. The maximum atomic E-state index is 12.1. The summed E-state index contributed by atoms with van der Waals surface area (Å²) in [6.45, 7) is 0.639. The monoisotopic (exact) mass is 292 g/mol. The molecule has 0 unspecified atom stereocenters. The summed E-state index contributed by atoms with van der Waals surface area (Å²) in [5.74, 6) is -0.219. The van der Waals surface area contributed by atoms with Gasteiger partial charge in [0, 0.05) is 6.20 Å². The van der Waals surface area contributed by atoms with Gasteiger partial charge in [-0.3, -0.25) is 20.3 Å². The zero-order chi connectivity index (χ0) is 15.2. The third-order valence-electron chi connectivity index (χ3n) is 3.18. The molecule has 0 saturated heterocycles.